The fourth-order valence-corrected chi connectivity index (χ4v) is 10.4. The Hall–Kier alpha value is -5.08. The Morgan fingerprint density at radius 2 is 0.773 bits per heavy atom. The van der Waals surface area contributed by atoms with Crippen LogP contribution in [0.1, 0.15) is 81.0 Å². The summed E-state index contributed by atoms with van der Waals surface area (Å²) < 4.78 is 0. The highest BCUT2D eigenvalue weighted by Gasteiger charge is 2.52. The predicted molar refractivity (Wildman–Crippen MR) is 176 cm³/mol. The number of hydrogen-bond acceptors (Lipinski definition) is 2. The maximum absolute atomic E-state index is 12.1. The summed E-state index contributed by atoms with van der Waals surface area (Å²) in [6.45, 7) is 0. The fraction of sp³-hybridized carbons (Fsp3) is 0.143. The van der Waals surface area contributed by atoms with Gasteiger partial charge in [0.25, 0.3) is 0 Å². The normalized spacial score (nSPS) is 22.1. The smallest absolute Gasteiger partial charge is 0.124 e. The first kappa shape index (κ1) is 22.5. The molecule has 2 nitrogen and oxygen atoms in total. The van der Waals surface area contributed by atoms with Gasteiger partial charge >= 0.3 is 0 Å². The van der Waals surface area contributed by atoms with Crippen molar-refractivity contribution in [2.75, 3.05) is 0 Å². The lowest BCUT2D eigenvalue weighted by molar-refractivity contribution is 0.440. The van der Waals surface area contributed by atoms with Crippen LogP contribution in [0.3, 0.4) is 0 Å². The van der Waals surface area contributed by atoms with Gasteiger partial charge in [-0.2, -0.15) is 0 Å². The fourth-order valence-electron chi connectivity index (χ4n) is 10.4. The molecule has 4 bridgehead atoms. The van der Waals surface area contributed by atoms with Gasteiger partial charge in [0.15, 0.2) is 0 Å². The van der Waals surface area contributed by atoms with Crippen molar-refractivity contribution in [1.82, 2.24) is 0 Å². The molecule has 44 heavy (non-hydrogen) atoms. The summed E-state index contributed by atoms with van der Waals surface area (Å²) in [5.74, 6) is 1.44. The molecular formula is C42H26O2. The molecule has 0 radical (unpaired) electrons. The highest BCUT2D eigenvalue weighted by molar-refractivity contribution is 6.17. The molecule has 2 heteroatoms. The lowest BCUT2D eigenvalue weighted by atomic mass is 9.76. The van der Waals surface area contributed by atoms with Crippen molar-refractivity contribution in [3.8, 4) is 33.8 Å². The maximum atomic E-state index is 12.1. The van der Waals surface area contributed by atoms with E-state index in [4.69, 9.17) is 0 Å². The summed E-state index contributed by atoms with van der Waals surface area (Å²) in [5, 5.41) is 31.8. The molecule has 0 saturated carbocycles. The molecule has 0 aromatic heterocycles. The van der Waals surface area contributed by atoms with E-state index in [1.165, 1.54) is 76.8 Å². The second kappa shape index (κ2) is 7.17. The monoisotopic (exact) mass is 562 g/mol. The van der Waals surface area contributed by atoms with E-state index >= 15 is 0 Å². The quantitative estimate of drug-likeness (QED) is 0.181. The van der Waals surface area contributed by atoms with Gasteiger partial charge in [0.1, 0.15) is 11.5 Å². The van der Waals surface area contributed by atoms with E-state index in [9.17, 15) is 10.2 Å². The van der Waals surface area contributed by atoms with Crippen LogP contribution in [0.25, 0.3) is 54.6 Å². The number of fused-ring (bicyclic) bond motifs is 21. The van der Waals surface area contributed by atoms with Crippen molar-refractivity contribution >= 4 is 32.3 Å². The van der Waals surface area contributed by atoms with Crippen molar-refractivity contribution < 1.29 is 10.2 Å². The van der Waals surface area contributed by atoms with Crippen LogP contribution >= 0.6 is 0 Å². The molecule has 7 aromatic rings. The van der Waals surface area contributed by atoms with Gasteiger partial charge in [-0.3, -0.25) is 0 Å². The highest BCUT2D eigenvalue weighted by atomic mass is 16.3. The summed E-state index contributed by atoms with van der Waals surface area (Å²) in [4.78, 5) is 0. The largest absolute Gasteiger partial charge is 0.507 e. The maximum Gasteiger partial charge on any atom is 0.124 e. The molecule has 5 aliphatic carbocycles. The van der Waals surface area contributed by atoms with Crippen molar-refractivity contribution in [1.29, 1.82) is 0 Å². The number of rotatable bonds is 0. The van der Waals surface area contributed by atoms with E-state index in [1.807, 2.05) is 0 Å². The zero-order valence-electron chi connectivity index (χ0n) is 23.9. The average Bonchev–Trinajstić information content (AvgIpc) is 3.86. The van der Waals surface area contributed by atoms with Crippen LogP contribution in [0.15, 0.2) is 97.1 Å². The zero-order chi connectivity index (χ0) is 28.6. The molecule has 7 aromatic carbocycles. The van der Waals surface area contributed by atoms with Crippen LogP contribution in [0.4, 0.5) is 0 Å². The first-order valence-corrected chi connectivity index (χ1v) is 15.9. The van der Waals surface area contributed by atoms with E-state index in [0.717, 1.165) is 35.1 Å². The summed E-state index contributed by atoms with van der Waals surface area (Å²) >= 11 is 0. The third-order valence-corrected chi connectivity index (χ3v) is 12.1. The summed E-state index contributed by atoms with van der Waals surface area (Å²) in [5.41, 5.74) is 14.6. The first-order chi connectivity index (χ1) is 21.6. The van der Waals surface area contributed by atoms with E-state index in [1.54, 1.807) is 0 Å². The van der Waals surface area contributed by atoms with Gasteiger partial charge in [0, 0.05) is 45.9 Å². The highest BCUT2D eigenvalue weighted by Crippen LogP contribution is 2.69. The minimum Gasteiger partial charge on any atom is -0.507 e. The Labute approximate surface area is 253 Å². The van der Waals surface area contributed by atoms with E-state index in [0.29, 0.717) is 11.5 Å². The van der Waals surface area contributed by atoms with Crippen molar-refractivity contribution in [3.05, 3.63) is 142 Å². The second-order valence-electron chi connectivity index (χ2n) is 13.8. The van der Waals surface area contributed by atoms with E-state index in [2.05, 4.69) is 97.1 Å². The Bertz CT molecular complexity index is 2390. The van der Waals surface area contributed by atoms with Gasteiger partial charge < -0.3 is 10.2 Å². The third kappa shape index (κ3) is 2.37. The number of aromatic hydroxyl groups is 2. The van der Waals surface area contributed by atoms with Gasteiger partial charge in [-0.25, -0.2) is 0 Å². The average molecular weight is 563 g/mol. The molecule has 0 aliphatic heterocycles. The molecule has 5 aliphatic rings. The van der Waals surface area contributed by atoms with Crippen LogP contribution in [0.2, 0.25) is 0 Å². The Balaban J connectivity index is 1.05. The topological polar surface area (TPSA) is 40.5 Å². The minimum absolute atomic E-state index is 0.120. The standard InChI is InChI=1S/C42H26O2/c43-41-37-32-17-33(29-12-21-6-2-1-5-20(21)11-28(29)32)38(37)42(44)40-35-18-34(39(40)41)30-15-22-13-26-24-9-3-7-19-8-4-10-25(36(19)24)27(26)14-23(22)16-31(30)35/h1-16,32-35,43-44H,17-18H2. The number of phenolic OH excluding ortho intramolecular Hbond substituents is 2. The van der Waals surface area contributed by atoms with Gasteiger partial charge in [-0.1, -0.05) is 84.9 Å². The molecular weight excluding hydrogens is 536 g/mol. The SMILES string of the molecule is Oc1c2c(c(O)c3c1C1CC3c3cc4cc5c(cc4cc31)-c1cccc3cccc-5c13)C1CC2c2cc3ccccc3cc21. The second-order valence-corrected chi connectivity index (χ2v) is 13.8. The lowest BCUT2D eigenvalue weighted by Gasteiger charge is -2.29. The van der Waals surface area contributed by atoms with Gasteiger partial charge in [0.05, 0.1) is 0 Å². The summed E-state index contributed by atoms with van der Waals surface area (Å²) in [6, 6.07) is 36.0. The van der Waals surface area contributed by atoms with Crippen LogP contribution in [0, 0.1) is 0 Å². The minimum atomic E-state index is 0.120. The Kier molecular flexibility index (Phi) is 3.66. The molecule has 4 atom stereocenters. The van der Waals surface area contributed by atoms with Crippen molar-refractivity contribution in [2.45, 2.75) is 36.5 Å². The molecule has 0 spiro atoms. The van der Waals surface area contributed by atoms with Gasteiger partial charge in [-0.15, -0.1) is 0 Å². The van der Waals surface area contributed by atoms with Gasteiger partial charge in [-0.05, 0) is 102 Å². The van der Waals surface area contributed by atoms with E-state index in [-0.39, 0.29) is 23.7 Å². The Morgan fingerprint density at radius 1 is 0.386 bits per heavy atom. The predicted octanol–water partition coefficient (Wildman–Crippen LogP) is 10.2. The molecule has 0 heterocycles. The number of benzene rings is 7. The molecule has 4 unspecified atom stereocenters. The van der Waals surface area contributed by atoms with Crippen LogP contribution in [0.5, 0.6) is 11.5 Å². The molecule has 2 N–H and O–H groups in total. The Morgan fingerprint density at radius 3 is 1.20 bits per heavy atom. The van der Waals surface area contributed by atoms with E-state index < -0.39 is 0 Å². The first-order valence-electron chi connectivity index (χ1n) is 15.9. The van der Waals surface area contributed by atoms with Crippen molar-refractivity contribution in [2.24, 2.45) is 0 Å². The van der Waals surface area contributed by atoms with Crippen LogP contribution < -0.4 is 0 Å². The molecule has 0 saturated heterocycles. The number of phenols is 2. The third-order valence-electron chi connectivity index (χ3n) is 12.1. The molecule has 0 amide bonds. The van der Waals surface area contributed by atoms with Crippen LogP contribution in [-0.4, -0.2) is 10.2 Å². The van der Waals surface area contributed by atoms with Crippen LogP contribution in [-0.2, 0) is 0 Å². The summed E-state index contributed by atoms with van der Waals surface area (Å²) in [7, 11) is 0. The van der Waals surface area contributed by atoms with Crippen molar-refractivity contribution in [3.63, 3.8) is 0 Å². The molecule has 12 rings (SSSR count). The molecule has 0 fully saturated rings. The number of hydrogen-bond donors (Lipinski definition) is 2. The molecule has 206 valence electrons. The lowest BCUT2D eigenvalue weighted by Crippen LogP contribution is -2.11. The summed E-state index contributed by atoms with van der Waals surface area (Å²) in [6.07, 6.45) is 1.87. The zero-order valence-corrected chi connectivity index (χ0v) is 23.9. The van der Waals surface area contributed by atoms with Gasteiger partial charge in [0.2, 0.25) is 0 Å².